The van der Waals surface area contributed by atoms with Crippen molar-refractivity contribution in [3.05, 3.63) is 58.6 Å². The summed E-state index contributed by atoms with van der Waals surface area (Å²) in [7, 11) is 1.07. The Morgan fingerprint density at radius 1 is 1.05 bits per heavy atom. The second-order valence-electron chi connectivity index (χ2n) is 4.05. The van der Waals surface area contributed by atoms with Crippen LogP contribution in [0.2, 0.25) is 5.02 Å². The van der Waals surface area contributed by atoms with Crippen LogP contribution in [0.4, 0.5) is 8.78 Å². The molecule has 0 amide bonds. The topological polar surface area (TPSA) is 43.4 Å². The molecule has 0 radical (unpaired) electrons. The maximum atomic E-state index is 13.7. The quantitative estimate of drug-likeness (QED) is 0.777. The lowest BCUT2D eigenvalue weighted by molar-refractivity contribution is 0.284. The van der Waals surface area contributed by atoms with E-state index in [0.29, 0.717) is 5.02 Å². The van der Waals surface area contributed by atoms with Crippen LogP contribution in [0.3, 0.4) is 0 Å². The van der Waals surface area contributed by atoms with Gasteiger partial charge in [0.05, 0.1) is 4.90 Å². The molecule has 0 aliphatic heterocycles. The molecule has 0 saturated carbocycles. The third kappa shape index (κ3) is 4.06. The van der Waals surface area contributed by atoms with Gasteiger partial charge in [0.2, 0.25) is 0 Å². The van der Waals surface area contributed by atoms with Gasteiger partial charge in [-0.2, -0.15) is 0 Å². The van der Waals surface area contributed by atoms with E-state index in [2.05, 4.69) is 0 Å². The molecule has 3 nitrogen and oxygen atoms in total. The highest BCUT2D eigenvalue weighted by atomic mass is 35.7. The molecule has 0 N–H and O–H groups in total. The van der Waals surface area contributed by atoms with E-state index in [4.69, 9.17) is 27.0 Å². The van der Waals surface area contributed by atoms with Gasteiger partial charge in [0, 0.05) is 21.3 Å². The zero-order valence-electron chi connectivity index (χ0n) is 10.3. The Morgan fingerprint density at radius 2 is 1.76 bits per heavy atom. The highest BCUT2D eigenvalue weighted by Crippen LogP contribution is 2.24. The molecule has 0 bridgehead atoms. The van der Waals surface area contributed by atoms with Gasteiger partial charge < -0.3 is 4.74 Å². The molecule has 21 heavy (non-hydrogen) atoms. The fourth-order valence-electron chi connectivity index (χ4n) is 1.56. The van der Waals surface area contributed by atoms with Crippen LogP contribution in [0.5, 0.6) is 5.75 Å². The van der Waals surface area contributed by atoms with Crippen molar-refractivity contribution in [3.63, 3.8) is 0 Å². The van der Waals surface area contributed by atoms with E-state index in [9.17, 15) is 17.2 Å². The molecule has 112 valence electrons. The number of benzene rings is 2. The van der Waals surface area contributed by atoms with Crippen LogP contribution >= 0.6 is 22.3 Å². The third-order valence-corrected chi connectivity index (χ3v) is 4.16. The minimum Gasteiger partial charge on any atom is -0.486 e. The Balaban J connectivity index is 2.19. The zero-order chi connectivity index (χ0) is 15.6. The first kappa shape index (κ1) is 16.0. The van der Waals surface area contributed by atoms with Crippen LogP contribution in [-0.4, -0.2) is 8.42 Å². The molecular weight excluding hydrogens is 345 g/mol. The van der Waals surface area contributed by atoms with Crippen molar-refractivity contribution < 1.29 is 21.9 Å². The predicted molar refractivity (Wildman–Crippen MR) is 75.2 cm³/mol. The van der Waals surface area contributed by atoms with E-state index in [1.165, 1.54) is 18.2 Å². The van der Waals surface area contributed by atoms with Crippen molar-refractivity contribution >= 4 is 31.3 Å². The maximum absolute atomic E-state index is 13.7. The molecule has 0 fully saturated rings. The molecule has 0 heterocycles. The first-order valence-electron chi connectivity index (χ1n) is 5.58. The molecule has 2 rings (SSSR count). The van der Waals surface area contributed by atoms with E-state index in [0.717, 1.165) is 18.2 Å². The van der Waals surface area contributed by atoms with Crippen LogP contribution in [0, 0.1) is 11.6 Å². The normalized spacial score (nSPS) is 11.4. The highest BCUT2D eigenvalue weighted by molar-refractivity contribution is 8.13. The number of hydrogen-bond acceptors (Lipinski definition) is 3. The molecule has 2 aromatic rings. The summed E-state index contributed by atoms with van der Waals surface area (Å²) in [5, 5.41) is 0.319. The largest absolute Gasteiger partial charge is 0.486 e. The Hall–Kier alpha value is -1.37. The molecule has 0 aliphatic rings. The Morgan fingerprint density at radius 3 is 2.38 bits per heavy atom. The van der Waals surface area contributed by atoms with Crippen LogP contribution in [0.15, 0.2) is 41.3 Å². The lowest BCUT2D eigenvalue weighted by atomic mass is 10.2. The predicted octanol–water partition coefficient (Wildman–Crippen LogP) is 4.12. The van der Waals surface area contributed by atoms with Crippen LogP contribution < -0.4 is 4.74 Å². The molecule has 0 unspecified atom stereocenters. The lowest BCUT2D eigenvalue weighted by Gasteiger charge is -2.09. The van der Waals surface area contributed by atoms with Crippen molar-refractivity contribution in [3.8, 4) is 5.75 Å². The van der Waals surface area contributed by atoms with Crippen molar-refractivity contribution in [1.29, 1.82) is 0 Å². The maximum Gasteiger partial charge on any atom is 0.261 e. The number of ether oxygens (including phenoxy) is 1. The second kappa shape index (κ2) is 6.17. The van der Waals surface area contributed by atoms with Crippen LogP contribution in [0.1, 0.15) is 5.56 Å². The summed E-state index contributed by atoms with van der Waals surface area (Å²) >= 11 is 5.72. The number of hydrogen-bond donors (Lipinski definition) is 0. The number of rotatable bonds is 4. The standard InChI is InChI=1S/C13H8Cl2F2O3S/c14-9-1-3-11(16)8(5-9)7-20-13-4-2-10(6-12(13)17)21(15,18)19/h1-6H,7H2. The van der Waals surface area contributed by atoms with Gasteiger partial charge in [0.15, 0.2) is 11.6 Å². The van der Waals surface area contributed by atoms with E-state index in [1.54, 1.807) is 0 Å². The molecule has 0 saturated heterocycles. The summed E-state index contributed by atoms with van der Waals surface area (Å²) < 4.78 is 54.4. The Kier molecular flexibility index (Phi) is 4.70. The monoisotopic (exact) mass is 352 g/mol. The van der Waals surface area contributed by atoms with Crippen molar-refractivity contribution in [2.24, 2.45) is 0 Å². The summed E-state index contributed by atoms with van der Waals surface area (Å²) in [6.07, 6.45) is 0. The SMILES string of the molecule is O=S(=O)(Cl)c1ccc(OCc2cc(Cl)ccc2F)c(F)c1. The molecule has 0 atom stereocenters. The smallest absolute Gasteiger partial charge is 0.261 e. The number of halogens is 4. The molecular formula is C13H8Cl2F2O3S. The molecule has 8 heteroatoms. The molecule has 0 aromatic heterocycles. The Labute approximate surface area is 129 Å². The minimum atomic E-state index is -4.02. The van der Waals surface area contributed by atoms with Gasteiger partial charge in [-0.25, -0.2) is 17.2 Å². The van der Waals surface area contributed by atoms with Crippen molar-refractivity contribution in [2.45, 2.75) is 11.5 Å². The zero-order valence-corrected chi connectivity index (χ0v) is 12.6. The van der Waals surface area contributed by atoms with Gasteiger partial charge >= 0.3 is 0 Å². The van der Waals surface area contributed by atoms with Gasteiger partial charge in [0.1, 0.15) is 12.4 Å². The minimum absolute atomic E-state index is 0.149. The van der Waals surface area contributed by atoms with Crippen molar-refractivity contribution in [1.82, 2.24) is 0 Å². The average molecular weight is 353 g/mol. The van der Waals surface area contributed by atoms with Gasteiger partial charge in [-0.3, -0.25) is 0 Å². The first-order chi connectivity index (χ1) is 9.77. The first-order valence-corrected chi connectivity index (χ1v) is 8.27. The average Bonchev–Trinajstić information content (AvgIpc) is 2.40. The van der Waals surface area contributed by atoms with E-state index < -0.39 is 20.7 Å². The summed E-state index contributed by atoms with van der Waals surface area (Å²) in [4.78, 5) is -0.386. The summed E-state index contributed by atoms with van der Waals surface area (Å²) in [6.45, 7) is -0.254. The van der Waals surface area contributed by atoms with Gasteiger partial charge in [-0.1, -0.05) is 11.6 Å². The lowest BCUT2D eigenvalue weighted by Crippen LogP contribution is -2.01. The van der Waals surface area contributed by atoms with Gasteiger partial charge in [-0.05, 0) is 36.4 Å². The molecule has 0 spiro atoms. The Bertz CT molecular complexity index is 779. The van der Waals surface area contributed by atoms with E-state index in [1.807, 2.05) is 0 Å². The van der Waals surface area contributed by atoms with E-state index in [-0.39, 0.29) is 22.8 Å². The fourth-order valence-corrected chi connectivity index (χ4v) is 2.52. The van der Waals surface area contributed by atoms with Gasteiger partial charge in [0.25, 0.3) is 9.05 Å². The summed E-state index contributed by atoms with van der Waals surface area (Å²) in [5.74, 6) is -1.68. The molecule has 2 aromatic carbocycles. The summed E-state index contributed by atoms with van der Waals surface area (Å²) in [5.41, 5.74) is 0.149. The van der Waals surface area contributed by atoms with Gasteiger partial charge in [-0.15, -0.1) is 0 Å². The molecule has 0 aliphatic carbocycles. The van der Waals surface area contributed by atoms with Crippen LogP contribution in [-0.2, 0) is 15.7 Å². The van der Waals surface area contributed by atoms with Crippen molar-refractivity contribution in [2.75, 3.05) is 0 Å². The highest BCUT2D eigenvalue weighted by Gasteiger charge is 2.14. The fraction of sp³-hybridized carbons (Fsp3) is 0.0769. The van der Waals surface area contributed by atoms with E-state index >= 15 is 0 Å². The summed E-state index contributed by atoms with van der Waals surface area (Å²) in [6, 6.07) is 6.82. The third-order valence-electron chi connectivity index (χ3n) is 2.58. The second-order valence-corrected chi connectivity index (χ2v) is 7.06. The van der Waals surface area contributed by atoms with Crippen LogP contribution in [0.25, 0.3) is 0 Å².